The topological polar surface area (TPSA) is 54.0 Å². The number of rotatable bonds is 10. The standard InChI is InChI=1S/C23H30O5/c1-6-26-17(3)28-22(24)16-23(4,18-8-12-20(25-5)13-9-18)19-10-14-21(15-11-19)27-7-2/h8-15,17H,6-7,16H2,1-5H3. The Morgan fingerprint density at radius 2 is 1.46 bits per heavy atom. The van der Waals surface area contributed by atoms with Crippen LogP contribution in [-0.4, -0.2) is 32.6 Å². The number of carbonyl (C=O) groups excluding carboxylic acids is 1. The summed E-state index contributed by atoms with van der Waals surface area (Å²) in [5.74, 6) is 1.26. The normalized spacial score (nSPS) is 14.0. The highest BCUT2D eigenvalue weighted by atomic mass is 16.7. The molecule has 0 aromatic heterocycles. The Labute approximate surface area is 167 Å². The van der Waals surface area contributed by atoms with Crippen LogP contribution in [-0.2, 0) is 19.7 Å². The fourth-order valence-electron chi connectivity index (χ4n) is 3.20. The van der Waals surface area contributed by atoms with Crippen molar-refractivity contribution in [2.45, 2.75) is 45.8 Å². The lowest BCUT2D eigenvalue weighted by molar-refractivity contribution is -0.174. The van der Waals surface area contributed by atoms with Crippen molar-refractivity contribution < 1.29 is 23.7 Å². The lowest BCUT2D eigenvalue weighted by Crippen LogP contribution is -2.30. The Morgan fingerprint density at radius 3 is 1.93 bits per heavy atom. The summed E-state index contributed by atoms with van der Waals surface area (Å²) in [5.41, 5.74) is 1.43. The zero-order valence-electron chi connectivity index (χ0n) is 17.4. The van der Waals surface area contributed by atoms with E-state index in [4.69, 9.17) is 18.9 Å². The number of hydrogen-bond acceptors (Lipinski definition) is 5. The van der Waals surface area contributed by atoms with Gasteiger partial charge in [-0.2, -0.15) is 0 Å². The van der Waals surface area contributed by atoms with E-state index in [0.717, 1.165) is 22.6 Å². The van der Waals surface area contributed by atoms with E-state index < -0.39 is 11.7 Å². The van der Waals surface area contributed by atoms with Gasteiger partial charge in [-0.25, -0.2) is 0 Å². The molecule has 0 radical (unpaired) electrons. The largest absolute Gasteiger partial charge is 0.497 e. The van der Waals surface area contributed by atoms with Gasteiger partial charge >= 0.3 is 5.97 Å². The minimum atomic E-state index is -0.571. The Balaban J connectivity index is 2.34. The molecule has 0 fully saturated rings. The highest BCUT2D eigenvalue weighted by Crippen LogP contribution is 2.37. The number of benzene rings is 2. The Bertz CT molecular complexity index is 739. The maximum atomic E-state index is 12.6. The smallest absolute Gasteiger partial charge is 0.309 e. The van der Waals surface area contributed by atoms with Crippen LogP contribution in [0.25, 0.3) is 0 Å². The van der Waals surface area contributed by atoms with Crippen molar-refractivity contribution in [3.05, 3.63) is 59.7 Å². The van der Waals surface area contributed by atoms with Crippen molar-refractivity contribution in [3.8, 4) is 11.5 Å². The van der Waals surface area contributed by atoms with Crippen LogP contribution in [0.2, 0.25) is 0 Å². The molecule has 0 N–H and O–H groups in total. The molecule has 28 heavy (non-hydrogen) atoms. The summed E-state index contributed by atoms with van der Waals surface area (Å²) in [4.78, 5) is 12.6. The fraction of sp³-hybridized carbons (Fsp3) is 0.435. The third-order valence-corrected chi connectivity index (χ3v) is 4.73. The summed E-state index contributed by atoms with van der Waals surface area (Å²) in [5, 5.41) is 0. The molecule has 0 saturated carbocycles. The molecule has 2 aromatic rings. The summed E-state index contributed by atoms with van der Waals surface area (Å²) < 4.78 is 21.6. The molecule has 0 heterocycles. The first-order chi connectivity index (χ1) is 13.4. The van der Waals surface area contributed by atoms with Crippen LogP contribution >= 0.6 is 0 Å². The monoisotopic (exact) mass is 386 g/mol. The first-order valence-corrected chi connectivity index (χ1v) is 9.61. The van der Waals surface area contributed by atoms with E-state index in [9.17, 15) is 4.79 Å². The lowest BCUT2D eigenvalue weighted by Gasteiger charge is -2.31. The predicted molar refractivity (Wildman–Crippen MR) is 109 cm³/mol. The molecule has 2 aromatic carbocycles. The van der Waals surface area contributed by atoms with Gasteiger partial charge in [-0.1, -0.05) is 31.2 Å². The van der Waals surface area contributed by atoms with Crippen LogP contribution in [0.4, 0.5) is 0 Å². The first-order valence-electron chi connectivity index (χ1n) is 9.61. The van der Waals surface area contributed by atoms with E-state index in [0.29, 0.717) is 13.2 Å². The molecule has 0 spiro atoms. The minimum absolute atomic E-state index is 0.185. The highest BCUT2D eigenvalue weighted by Gasteiger charge is 2.33. The van der Waals surface area contributed by atoms with Crippen molar-refractivity contribution >= 4 is 5.97 Å². The van der Waals surface area contributed by atoms with Crippen LogP contribution in [0.3, 0.4) is 0 Å². The zero-order chi connectivity index (χ0) is 20.6. The highest BCUT2D eigenvalue weighted by molar-refractivity contribution is 5.73. The molecule has 5 heteroatoms. The van der Waals surface area contributed by atoms with Crippen molar-refractivity contribution in [3.63, 3.8) is 0 Å². The van der Waals surface area contributed by atoms with Crippen molar-refractivity contribution in [1.29, 1.82) is 0 Å². The van der Waals surface area contributed by atoms with Crippen LogP contribution in [0.1, 0.15) is 45.2 Å². The van der Waals surface area contributed by atoms with Crippen molar-refractivity contribution in [2.24, 2.45) is 0 Å². The molecule has 2 rings (SSSR count). The third-order valence-electron chi connectivity index (χ3n) is 4.73. The fourth-order valence-corrected chi connectivity index (χ4v) is 3.20. The number of methoxy groups -OCH3 is 1. The molecule has 152 valence electrons. The minimum Gasteiger partial charge on any atom is -0.497 e. The van der Waals surface area contributed by atoms with E-state index in [1.165, 1.54) is 0 Å². The van der Waals surface area contributed by atoms with Gasteiger partial charge in [0.2, 0.25) is 0 Å². The Hall–Kier alpha value is -2.53. The number of esters is 1. The summed E-state index contributed by atoms with van der Waals surface area (Å²) in [7, 11) is 1.63. The predicted octanol–water partition coefficient (Wildman–Crippen LogP) is 4.72. The molecule has 2 atom stereocenters. The SMILES string of the molecule is CCOc1ccc(C(C)(CC(=O)OC(C)OCC)c2ccc(OC)cc2)cc1. The summed E-state index contributed by atoms with van der Waals surface area (Å²) in [6, 6.07) is 15.6. The van der Waals surface area contributed by atoms with Crippen LogP contribution in [0.15, 0.2) is 48.5 Å². The van der Waals surface area contributed by atoms with Gasteiger partial charge in [-0.15, -0.1) is 0 Å². The van der Waals surface area contributed by atoms with Crippen molar-refractivity contribution in [1.82, 2.24) is 0 Å². The van der Waals surface area contributed by atoms with Gasteiger partial charge in [-0.3, -0.25) is 4.79 Å². The van der Waals surface area contributed by atoms with Crippen LogP contribution in [0, 0.1) is 0 Å². The average Bonchev–Trinajstić information content (AvgIpc) is 2.68. The number of hydrogen-bond donors (Lipinski definition) is 0. The van der Waals surface area contributed by atoms with Crippen molar-refractivity contribution in [2.75, 3.05) is 20.3 Å². The second-order valence-electron chi connectivity index (χ2n) is 6.71. The van der Waals surface area contributed by atoms with E-state index >= 15 is 0 Å². The molecule has 0 bridgehead atoms. The summed E-state index contributed by atoms with van der Waals surface area (Å²) >= 11 is 0. The van der Waals surface area contributed by atoms with Gasteiger partial charge < -0.3 is 18.9 Å². The van der Waals surface area contributed by atoms with E-state index in [-0.39, 0.29) is 12.4 Å². The lowest BCUT2D eigenvalue weighted by atomic mass is 9.73. The molecule has 2 unspecified atom stereocenters. The second-order valence-corrected chi connectivity index (χ2v) is 6.71. The van der Waals surface area contributed by atoms with Gasteiger partial charge in [0.05, 0.1) is 20.1 Å². The van der Waals surface area contributed by atoms with Gasteiger partial charge in [0.25, 0.3) is 0 Å². The van der Waals surface area contributed by atoms with Gasteiger partial charge in [0, 0.05) is 12.0 Å². The number of carbonyl (C=O) groups is 1. The van der Waals surface area contributed by atoms with E-state index in [1.54, 1.807) is 14.0 Å². The first kappa shape index (κ1) is 21.8. The molecular formula is C23H30O5. The van der Waals surface area contributed by atoms with Gasteiger partial charge in [0.15, 0.2) is 6.29 Å². The summed E-state index contributed by atoms with van der Waals surface area (Å²) in [6.07, 6.45) is -0.386. The maximum absolute atomic E-state index is 12.6. The van der Waals surface area contributed by atoms with E-state index in [2.05, 4.69) is 0 Å². The Kier molecular flexibility index (Phi) is 7.88. The molecule has 0 amide bonds. The molecule has 5 nitrogen and oxygen atoms in total. The molecular weight excluding hydrogens is 356 g/mol. The van der Waals surface area contributed by atoms with Crippen LogP contribution in [0.5, 0.6) is 11.5 Å². The second kappa shape index (κ2) is 10.1. The number of ether oxygens (including phenoxy) is 4. The molecule has 0 aliphatic heterocycles. The van der Waals surface area contributed by atoms with Gasteiger partial charge in [-0.05, 0) is 56.2 Å². The third kappa shape index (κ3) is 5.49. The average molecular weight is 386 g/mol. The quantitative estimate of drug-likeness (QED) is 0.437. The molecule has 0 saturated heterocycles. The van der Waals surface area contributed by atoms with E-state index in [1.807, 2.05) is 69.3 Å². The van der Waals surface area contributed by atoms with Gasteiger partial charge in [0.1, 0.15) is 11.5 Å². The Morgan fingerprint density at radius 1 is 0.929 bits per heavy atom. The van der Waals surface area contributed by atoms with Crippen LogP contribution < -0.4 is 9.47 Å². The summed E-state index contributed by atoms with van der Waals surface area (Å²) in [6.45, 7) is 8.68. The molecule has 0 aliphatic rings. The zero-order valence-corrected chi connectivity index (χ0v) is 17.4. The molecule has 0 aliphatic carbocycles. The maximum Gasteiger partial charge on any atom is 0.309 e.